The van der Waals surface area contributed by atoms with Crippen LogP contribution in [-0.2, 0) is 6.61 Å². The number of amides is 1. The van der Waals surface area contributed by atoms with Crippen molar-refractivity contribution in [2.24, 2.45) is 0 Å². The minimum Gasteiger partial charge on any atom is -0.493 e. The van der Waals surface area contributed by atoms with E-state index in [9.17, 15) is 4.79 Å². The number of carbonyl (C=O) groups is 1. The third-order valence-electron chi connectivity index (χ3n) is 4.93. The van der Waals surface area contributed by atoms with Crippen LogP contribution in [0.5, 0.6) is 11.5 Å². The molecule has 0 fully saturated rings. The van der Waals surface area contributed by atoms with E-state index in [4.69, 9.17) is 21.1 Å². The van der Waals surface area contributed by atoms with Crippen molar-refractivity contribution in [1.29, 1.82) is 0 Å². The summed E-state index contributed by atoms with van der Waals surface area (Å²) >= 11 is 6.02. The molecule has 4 nitrogen and oxygen atoms in total. The predicted octanol–water partition coefficient (Wildman–Crippen LogP) is 5.94. The minimum absolute atomic E-state index is 0.0755. The molecular weight excluding hydrogens is 386 g/mol. The van der Waals surface area contributed by atoms with Crippen molar-refractivity contribution in [1.82, 2.24) is 5.32 Å². The first-order valence-electron chi connectivity index (χ1n) is 10.3. The Hall–Kier alpha value is -2.46. The highest BCUT2D eigenvalue weighted by Gasteiger charge is 2.12. The molecular formula is C24H28ClNO3. The summed E-state index contributed by atoms with van der Waals surface area (Å²) in [5.74, 6) is 1.32. The standard InChI is InChI=1S/C24H28ClNO3/c1-2-28-23-12-11-19(24(27)26-14-13-18-7-4-3-5-8-18)15-20(23)17-29-22-10-6-9-21(25)16-22/h6-7,9-12,15-16H,2-5,8,13-14,17H2,1H3,(H,26,27). The Morgan fingerprint density at radius 1 is 1.14 bits per heavy atom. The Balaban J connectivity index is 1.63. The second-order valence-corrected chi connectivity index (χ2v) is 7.55. The molecule has 0 heterocycles. The van der Waals surface area contributed by atoms with Gasteiger partial charge < -0.3 is 14.8 Å². The van der Waals surface area contributed by atoms with E-state index in [0.717, 1.165) is 30.6 Å². The molecule has 0 spiro atoms. The van der Waals surface area contributed by atoms with Crippen LogP contribution in [-0.4, -0.2) is 19.1 Å². The lowest BCUT2D eigenvalue weighted by Gasteiger charge is -2.15. The molecule has 5 heteroatoms. The summed E-state index contributed by atoms with van der Waals surface area (Å²) in [7, 11) is 0. The van der Waals surface area contributed by atoms with Crippen LogP contribution in [0.3, 0.4) is 0 Å². The molecule has 0 saturated heterocycles. The highest BCUT2D eigenvalue weighted by atomic mass is 35.5. The van der Waals surface area contributed by atoms with Crippen LogP contribution in [0.4, 0.5) is 0 Å². The average Bonchev–Trinajstić information content (AvgIpc) is 2.74. The maximum Gasteiger partial charge on any atom is 0.251 e. The molecule has 1 amide bonds. The fraction of sp³-hybridized carbons (Fsp3) is 0.375. The Morgan fingerprint density at radius 3 is 2.79 bits per heavy atom. The highest BCUT2D eigenvalue weighted by Crippen LogP contribution is 2.24. The van der Waals surface area contributed by atoms with E-state index in [1.807, 2.05) is 31.2 Å². The molecule has 0 saturated carbocycles. The molecule has 2 aromatic rings. The summed E-state index contributed by atoms with van der Waals surface area (Å²) in [5.41, 5.74) is 2.89. The topological polar surface area (TPSA) is 47.6 Å². The van der Waals surface area contributed by atoms with Gasteiger partial charge in [0, 0.05) is 22.7 Å². The van der Waals surface area contributed by atoms with Gasteiger partial charge in [-0.15, -0.1) is 0 Å². The van der Waals surface area contributed by atoms with E-state index in [2.05, 4.69) is 11.4 Å². The van der Waals surface area contributed by atoms with Crippen LogP contribution >= 0.6 is 11.6 Å². The summed E-state index contributed by atoms with van der Waals surface area (Å²) in [6.07, 6.45) is 8.10. The van der Waals surface area contributed by atoms with Gasteiger partial charge in [0.15, 0.2) is 0 Å². The molecule has 154 valence electrons. The summed E-state index contributed by atoms with van der Waals surface area (Å²) in [4.78, 5) is 12.6. The average molecular weight is 414 g/mol. The fourth-order valence-electron chi connectivity index (χ4n) is 3.42. The zero-order valence-electron chi connectivity index (χ0n) is 16.9. The van der Waals surface area contributed by atoms with Gasteiger partial charge in [-0.25, -0.2) is 0 Å². The van der Waals surface area contributed by atoms with Crippen molar-refractivity contribution in [2.45, 2.75) is 45.6 Å². The van der Waals surface area contributed by atoms with Gasteiger partial charge >= 0.3 is 0 Å². The van der Waals surface area contributed by atoms with Crippen LogP contribution in [0.25, 0.3) is 0 Å². The Kier molecular flexibility index (Phi) is 8.00. The second-order valence-electron chi connectivity index (χ2n) is 7.12. The molecule has 0 bridgehead atoms. The number of hydrogen-bond donors (Lipinski definition) is 1. The number of rotatable bonds is 9. The zero-order valence-corrected chi connectivity index (χ0v) is 17.6. The normalized spacial score (nSPS) is 13.5. The van der Waals surface area contributed by atoms with Crippen molar-refractivity contribution in [3.63, 3.8) is 0 Å². The Morgan fingerprint density at radius 2 is 2.03 bits per heavy atom. The number of benzene rings is 2. The number of allylic oxidation sites excluding steroid dienone is 1. The first-order valence-corrected chi connectivity index (χ1v) is 10.6. The van der Waals surface area contributed by atoms with Crippen LogP contribution in [0.15, 0.2) is 54.1 Å². The lowest BCUT2D eigenvalue weighted by atomic mass is 9.97. The van der Waals surface area contributed by atoms with E-state index < -0.39 is 0 Å². The monoisotopic (exact) mass is 413 g/mol. The van der Waals surface area contributed by atoms with Crippen LogP contribution in [0, 0.1) is 0 Å². The molecule has 1 aliphatic rings. The number of halogens is 1. The molecule has 0 unspecified atom stereocenters. The van der Waals surface area contributed by atoms with E-state index in [0.29, 0.717) is 36.1 Å². The molecule has 0 radical (unpaired) electrons. The zero-order chi connectivity index (χ0) is 20.5. The van der Waals surface area contributed by atoms with Crippen LogP contribution < -0.4 is 14.8 Å². The van der Waals surface area contributed by atoms with Gasteiger partial charge in [-0.1, -0.05) is 29.3 Å². The van der Waals surface area contributed by atoms with Crippen molar-refractivity contribution in [3.8, 4) is 11.5 Å². The lowest BCUT2D eigenvalue weighted by molar-refractivity contribution is 0.0954. The summed E-state index contributed by atoms with van der Waals surface area (Å²) in [6.45, 7) is 3.43. The molecule has 0 aliphatic heterocycles. The number of carbonyl (C=O) groups excluding carboxylic acids is 1. The highest BCUT2D eigenvalue weighted by molar-refractivity contribution is 6.30. The van der Waals surface area contributed by atoms with E-state index in [1.54, 1.807) is 18.2 Å². The summed E-state index contributed by atoms with van der Waals surface area (Å²) < 4.78 is 11.6. The Bertz CT molecular complexity index is 863. The summed E-state index contributed by atoms with van der Waals surface area (Å²) in [5, 5.41) is 3.65. The van der Waals surface area contributed by atoms with Crippen LogP contribution in [0.1, 0.15) is 54.9 Å². The number of ether oxygens (including phenoxy) is 2. The van der Waals surface area contributed by atoms with Crippen molar-refractivity contribution in [2.75, 3.05) is 13.2 Å². The quantitative estimate of drug-likeness (QED) is 0.517. The van der Waals surface area contributed by atoms with Crippen molar-refractivity contribution < 1.29 is 14.3 Å². The molecule has 3 rings (SSSR count). The van der Waals surface area contributed by atoms with Gasteiger partial charge in [0.1, 0.15) is 18.1 Å². The van der Waals surface area contributed by atoms with Gasteiger partial charge in [-0.3, -0.25) is 4.79 Å². The van der Waals surface area contributed by atoms with Crippen molar-refractivity contribution in [3.05, 3.63) is 70.3 Å². The molecule has 0 atom stereocenters. The first kappa shape index (κ1) is 21.3. The molecule has 2 aromatic carbocycles. The third kappa shape index (κ3) is 6.53. The molecule has 1 N–H and O–H groups in total. The molecule has 0 aromatic heterocycles. The van der Waals surface area contributed by atoms with Gasteiger partial charge in [-0.2, -0.15) is 0 Å². The van der Waals surface area contributed by atoms with E-state index in [1.165, 1.54) is 18.4 Å². The fourth-order valence-corrected chi connectivity index (χ4v) is 3.60. The number of hydrogen-bond acceptors (Lipinski definition) is 3. The lowest BCUT2D eigenvalue weighted by Crippen LogP contribution is -2.25. The smallest absolute Gasteiger partial charge is 0.251 e. The Labute approximate surface area is 177 Å². The molecule has 29 heavy (non-hydrogen) atoms. The predicted molar refractivity (Wildman–Crippen MR) is 117 cm³/mol. The molecule has 1 aliphatic carbocycles. The summed E-state index contributed by atoms with van der Waals surface area (Å²) in [6, 6.07) is 12.7. The third-order valence-corrected chi connectivity index (χ3v) is 5.16. The van der Waals surface area contributed by atoms with E-state index in [-0.39, 0.29) is 5.91 Å². The van der Waals surface area contributed by atoms with E-state index >= 15 is 0 Å². The van der Waals surface area contributed by atoms with Gasteiger partial charge in [0.05, 0.1) is 6.61 Å². The largest absolute Gasteiger partial charge is 0.493 e. The van der Waals surface area contributed by atoms with Gasteiger partial charge in [0.25, 0.3) is 5.91 Å². The first-order chi connectivity index (χ1) is 14.2. The minimum atomic E-state index is -0.0755. The van der Waals surface area contributed by atoms with Gasteiger partial charge in [-0.05, 0) is 75.4 Å². The maximum atomic E-state index is 12.6. The van der Waals surface area contributed by atoms with Gasteiger partial charge in [0.2, 0.25) is 0 Å². The number of nitrogens with one attached hydrogen (secondary N) is 1. The SMILES string of the molecule is CCOc1ccc(C(=O)NCCC2=CCCCC2)cc1COc1cccc(Cl)c1. The maximum absolute atomic E-state index is 12.6. The van der Waals surface area contributed by atoms with Crippen LogP contribution in [0.2, 0.25) is 5.02 Å². The van der Waals surface area contributed by atoms with Crippen molar-refractivity contribution >= 4 is 17.5 Å². The second kappa shape index (κ2) is 10.9.